The Balaban J connectivity index is 0.000000407. The van der Waals surface area contributed by atoms with Gasteiger partial charge in [0.1, 0.15) is 28.7 Å². The van der Waals surface area contributed by atoms with Crippen LogP contribution >= 0.6 is 12.6 Å². The fourth-order valence-electron chi connectivity index (χ4n) is 2.06. The van der Waals surface area contributed by atoms with Gasteiger partial charge in [-0.25, -0.2) is 14.4 Å². The number of carbonyl (C=O) groups excluding carboxylic acids is 3. The number of aromatic hydroxyl groups is 2. The molecule has 166 valence electrons. The van der Waals surface area contributed by atoms with Gasteiger partial charge in [-0.3, -0.25) is 4.79 Å². The topological polar surface area (TPSA) is 202 Å². The first-order chi connectivity index (χ1) is 14.5. The first-order valence-corrected chi connectivity index (χ1v) is 9.13. The summed E-state index contributed by atoms with van der Waals surface area (Å²) in [5.41, 5.74) is 10.9. The number of thiol groups is 1. The number of carboxylic acid groups (broad SMARTS) is 1. The van der Waals surface area contributed by atoms with E-state index in [0.29, 0.717) is 0 Å². The lowest BCUT2D eigenvalue weighted by molar-refractivity contribution is -0.140. The zero-order valence-corrected chi connectivity index (χ0v) is 17.1. The lowest BCUT2D eigenvalue weighted by Gasteiger charge is -2.08. The molecule has 0 bridgehead atoms. The van der Waals surface area contributed by atoms with Crippen molar-refractivity contribution >= 4 is 47.8 Å². The number of nitrogen functional groups attached to an aromatic ring is 2. The third-order valence-electron chi connectivity index (χ3n) is 3.52. The van der Waals surface area contributed by atoms with Crippen LogP contribution in [0.25, 0.3) is 0 Å². The monoisotopic (exact) mass is 451 g/mol. The fourth-order valence-corrected chi connectivity index (χ4v) is 2.31. The number of amides is 1. The summed E-state index contributed by atoms with van der Waals surface area (Å²) >= 11 is 3.73. The number of phenolic OH excluding ortho intramolecular Hbond substituents is 2. The van der Waals surface area contributed by atoms with Crippen LogP contribution in [0.3, 0.4) is 0 Å². The summed E-state index contributed by atoms with van der Waals surface area (Å²) < 4.78 is 4.59. The molecule has 0 aliphatic heterocycles. The van der Waals surface area contributed by atoms with Crippen LogP contribution < -0.4 is 16.8 Å². The zero-order valence-electron chi connectivity index (χ0n) is 16.2. The second-order valence-electron chi connectivity index (χ2n) is 6.00. The van der Waals surface area contributed by atoms with E-state index in [1.165, 1.54) is 43.3 Å². The highest BCUT2D eigenvalue weighted by molar-refractivity contribution is 7.80. The van der Waals surface area contributed by atoms with Crippen molar-refractivity contribution in [2.24, 2.45) is 0 Å². The normalized spacial score (nSPS) is 10.8. The summed E-state index contributed by atoms with van der Waals surface area (Å²) in [6.07, 6.45) is 0. The number of esters is 2. The molecule has 12 heteroatoms. The maximum Gasteiger partial charge on any atom is 0.349 e. The molecule has 2 aromatic rings. The van der Waals surface area contributed by atoms with Gasteiger partial charge in [0.2, 0.25) is 5.91 Å². The van der Waals surface area contributed by atoms with E-state index in [1.54, 1.807) is 0 Å². The number of benzene rings is 2. The van der Waals surface area contributed by atoms with Gasteiger partial charge in [0.05, 0.1) is 0 Å². The summed E-state index contributed by atoms with van der Waals surface area (Å²) in [5.74, 6) is -4.25. The van der Waals surface area contributed by atoms with Crippen molar-refractivity contribution in [3.63, 3.8) is 0 Å². The largest absolute Gasteiger partial charge is 0.507 e. The minimum atomic E-state index is -1.09. The first-order valence-electron chi connectivity index (χ1n) is 8.50. The average molecular weight is 451 g/mol. The average Bonchev–Trinajstić information content (AvgIpc) is 2.69. The van der Waals surface area contributed by atoms with Crippen molar-refractivity contribution in [2.45, 2.75) is 13.0 Å². The molecule has 2 aromatic carbocycles. The molecule has 0 saturated heterocycles. The number of carboxylic acids is 1. The van der Waals surface area contributed by atoms with E-state index >= 15 is 0 Å². The van der Waals surface area contributed by atoms with Crippen LogP contribution in [-0.4, -0.2) is 50.9 Å². The quantitative estimate of drug-likeness (QED) is 0.112. The highest BCUT2D eigenvalue weighted by atomic mass is 32.1. The molecule has 0 radical (unpaired) electrons. The van der Waals surface area contributed by atoms with Gasteiger partial charge in [0.15, 0.2) is 0 Å². The maximum absolute atomic E-state index is 11.8. The molecule has 8 N–H and O–H groups in total. The number of hydrogen-bond donors (Lipinski definition) is 7. The Morgan fingerprint density at radius 3 is 1.68 bits per heavy atom. The maximum atomic E-state index is 11.8. The van der Waals surface area contributed by atoms with Gasteiger partial charge < -0.3 is 36.8 Å². The Kier molecular flexibility index (Phi) is 9.16. The number of ether oxygens (including phenoxy) is 1. The highest BCUT2D eigenvalue weighted by Crippen LogP contribution is 2.24. The molecule has 1 atom stereocenters. The van der Waals surface area contributed by atoms with E-state index in [4.69, 9.17) is 16.6 Å². The van der Waals surface area contributed by atoms with Crippen LogP contribution in [0.5, 0.6) is 11.5 Å². The molecule has 0 spiro atoms. The SMILES string of the molecule is CC(=O)N[C@@H](CS)C(=O)O.Nc1ccc(O)c(C(=O)OC(=O)c2cc(N)ccc2O)c1. The minimum Gasteiger partial charge on any atom is -0.507 e. The molecule has 0 saturated carbocycles. The lowest BCUT2D eigenvalue weighted by Crippen LogP contribution is -2.40. The first kappa shape index (κ1) is 25.1. The van der Waals surface area contributed by atoms with Gasteiger partial charge in [-0.05, 0) is 36.4 Å². The van der Waals surface area contributed by atoms with Gasteiger partial charge in [-0.1, -0.05) is 0 Å². The second kappa shape index (κ2) is 11.3. The summed E-state index contributed by atoms with van der Waals surface area (Å²) in [5, 5.41) is 29.7. The summed E-state index contributed by atoms with van der Waals surface area (Å²) in [4.78, 5) is 44.2. The van der Waals surface area contributed by atoms with Crippen LogP contribution in [0.1, 0.15) is 27.6 Å². The van der Waals surface area contributed by atoms with Crippen molar-refractivity contribution in [3.8, 4) is 11.5 Å². The van der Waals surface area contributed by atoms with Crippen molar-refractivity contribution in [2.75, 3.05) is 17.2 Å². The second-order valence-corrected chi connectivity index (χ2v) is 6.37. The van der Waals surface area contributed by atoms with E-state index in [-0.39, 0.29) is 45.7 Å². The molecular formula is C19H21N3O8S. The molecule has 2 rings (SSSR count). The van der Waals surface area contributed by atoms with Crippen molar-refractivity contribution in [1.82, 2.24) is 5.32 Å². The van der Waals surface area contributed by atoms with Gasteiger partial charge in [0, 0.05) is 24.1 Å². The number of hydrogen-bond acceptors (Lipinski definition) is 10. The Labute approximate surface area is 182 Å². The Morgan fingerprint density at radius 1 is 0.968 bits per heavy atom. The number of anilines is 2. The van der Waals surface area contributed by atoms with Gasteiger partial charge >= 0.3 is 17.9 Å². The third kappa shape index (κ3) is 7.78. The molecule has 0 aromatic heterocycles. The summed E-state index contributed by atoms with van der Waals surface area (Å²) in [6.45, 7) is 1.26. The lowest BCUT2D eigenvalue weighted by atomic mass is 10.1. The standard InChI is InChI=1S/C14H12N2O5.C5H9NO3S/c15-7-1-3-11(17)9(5-7)13(19)21-14(20)10-6-8(16)2-4-12(10)18;1-3(7)6-4(2-10)5(8)9/h1-6,17-18H,15-16H2;4,10H,2H2,1H3,(H,6,7)(H,8,9)/t;4-/m.0/s1. The van der Waals surface area contributed by atoms with Crippen molar-refractivity contribution < 1.29 is 39.2 Å². The molecule has 0 unspecified atom stereocenters. The summed E-state index contributed by atoms with van der Waals surface area (Å²) in [7, 11) is 0. The van der Waals surface area contributed by atoms with Crippen LogP contribution in [0.4, 0.5) is 11.4 Å². The number of carbonyl (C=O) groups is 4. The number of aliphatic carboxylic acids is 1. The number of phenols is 2. The van der Waals surface area contributed by atoms with Crippen LogP contribution in [-0.2, 0) is 14.3 Å². The van der Waals surface area contributed by atoms with Gasteiger partial charge in [0.25, 0.3) is 0 Å². The number of rotatable bonds is 5. The van der Waals surface area contributed by atoms with Crippen LogP contribution in [0.2, 0.25) is 0 Å². The number of nitrogens with two attached hydrogens (primary N) is 2. The Bertz CT molecular complexity index is 935. The Morgan fingerprint density at radius 2 is 1.39 bits per heavy atom. The van der Waals surface area contributed by atoms with Gasteiger partial charge in [-0.2, -0.15) is 12.6 Å². The zero-order chi connectivity index (χ0) is 23.7. The van der Waals surface area contributed by atoms with E-state index in [0.717, 1.165) is 0 Å². The Hall–Kier alpha value is -3.93. The molecule has 0 aliphatic carbocycles. The smallest absolute Gasteiger partial charge is 0.349 e. The van der Waals surface area contributed by atoms with E-state index in [9.17, 15) is 29.4 Å². The van der Waals surface area contributed by atoms with Crippen LogP contribution in [0.15, 0.2) is 36.4 Å². The van der Waals surface area contributed by atoms with Crippen LogP contribution in [0, 0.1) is 0 Å². The molecular weight excluding hydrogens is 430 g/mol. The van der Waals surface area contributed by atoms with Gasteiger partial charge in [-0.15, -0.1) is 0 Å². The molecule has 0 aliphatic rings. The summed E-state index contributed by atoms with van der Waals surface area (Å²) in [6, 6.07) is 6.65. The minimum absolute atomic E-state index is 0.106. The number of nitrogens with one attached hydrogen (secondary N) is 1. The van der Waals surface area contributed by atoms with Crippen molar-refractivity contribution in [3.05, 3.63) is 47.5 Å². The van der Waals surface area contributed by atoms with E-state index in [2.05, 4.69) is 22.7 Å². The molecule has 1 amide bonds. The van der Waals surface area contributed by atoms with Crippen molar-refractivity contribution in [1.29, 1.82) is 0 Å². The predicted octanol–water partition coefficient (Wildman–Crippen LogP) is 0.765. The molecule has 0 fully saturated rings. The van der Waals surface area contributed by atoms with E-state index in [1.807, 2.05) is 0 Å². The fraction of sp³-hybridized carbons (Fsp3) is 0.158. The predicted molar refractivity (Wildman–Crippen MR) is 114 cm³/mol. The molecule has 0 heterocycles. The molecule has 11 nitrogen and oxygen atoms in total. The third-order valence-corrected chi connectivity index (χ3v) is 3.89. The van der Waals surface area contributed by atoms with E-state index < -0.39 is 23.9 Å². The highest BCUT2D eigenvalue weighted by Gasteiger charge is 2.21. The molecule has 31 heavy (non-hydrogen) atoms.